The van der Waals surface area contributed by atoms with E-state index in [0.717, 1.165) is 36.6 Å². The molecule has 1 aromatic carbocycles. The van der Waals surface area contributed by atoms with E-state index in [0.29, 0.717) is 0 Å². The maximum atomic E-state index is 12.5. The van der Waals surface area contributed by atoms with Gasteiger partial charge in [-0.25, -0.2) is 0 Å². The van der Waals surface area contributed by atoms with Gasteiger partial charge in [0.25, 0.3) is 0 Å². The summed E-state index contributed by atoms with van der Waals surface area (Å²) in [5.41, 5.74) is 1.11. The van der Waals surface area contributed by atoms with Crippen molar-refractivity contribution in [3.05, 3.63) is 34.9 Å². The van der Waals surface area contributed by atoms with E-state index < -0.39 is 0 Å². The number of amides is 1. The zero-order chi connectivity index (χ0) is 13.8. The fraction of sp³-hybridized carbons (Fsp3) is 0.533. The lowest BCUT2D eigenvalue weighted by molar-refractivity contribution is -0.138. The van der Waals surface area contributed by atoms with Crippen LogP contribution in [0.25, 0.3) is 0 Å². The number of carbonyl (C=O) groups is 1. The predicted octanol–water partition coefficient (Wildman–Crippen LogP) is 3.28. The van der Waals surface area contributed by atoms with Crippen LogP contribution in [0.1, 0.15) is 31.9 Å². The van der Waals surface area contributed by atoms with E-state index in [-0.39, 0.29) is 30.3 Å². The maximum Gasteiger partial charge on any atom is 0.225 e. The quantitative estimate of drug-likeness (QED) is 0.928. The normalized spacial score (nSPS) is 20.1. The predicted molar refractivity (Wildman–Crippen MR) is 85.5 cm³/mol. The molecule has 1 fully saturated rings. The molecule has 1 aliphatic heterocycles. The Bertz CT molecular complexity index is 453. The minimum absolute atomic E-state index is 0. The maximum absolute atomic E-state index is 12.5. The average Bonchev–Trinajstić information content (AvgIpc) is 2.45. The Labute approximate surface area is 132 Å². The topological polar surface area (TPSA) is 32.3 Å². The number of hydrogen-bond acceptors (Lipinski definition) is 2. The first-order valence-corrected chi connectivity index (χ1v) is 7.28. The fourth-order valence-corrected chi connectivity index (χ4v) is 2.64. The van der Waals surface area contributed by atoms with Crippen molar-refractivity contribution in [2.45, 2.75) is 26.3 Å². The Morgan fingerprint density at radius 1 is 1.55 bits per heavy atom. The molecule has 1 heterocycles. The summed E-state index contributed by atoms with van der Waals surface area (Å²) in [6.07, 6.45) is 0.880. The number of hydrogen-bond donors (Lipinski definition) is 1. The third-order valence-electron chi connectivity index (χ3n) is 3.79. The van der Waals surface area contributed by atoms with Crippen molar-refractivity contribution in [3.63, 3.8) is 0 Å². The minimum Gasteiger partial charge on any atom is -0.333 e. The Morgan fingerprint density at radius 3 is 2.95 bits per heavy atom. The second-order valence-corrected chi connectivity index (χ2v) is 5.55. The molecular weight excluding hydrogens is 295 g/mol. The summed E-state index contributed by atoms with van der Waals surface area (Å²) in [5.74, 6) is 0.328. The van der Waals surface area contributed by atoms with Gasteiger partial charge in [-0.1, -0.05) is 37.6 Å². The van der Waals surface area contributed by atoms with Crippen LogP contribution in [-0.2, 0) is 4.79 Å². The molecule has 0 spiro atoms. The summed E-state index contributed by atoms with van der Waals surface area (Å²) in [5, 5.41) is 4.08. The first-order valence-electron chi connectivity index (χ1n) is 6.90. The van der Waals surface area contributed by atoms with Gasteiger partial charge >= 0.3 is 0 Å². The van der Waals surface area contributed by atoms with Gasteiger partial charge in [0.1, 0.15) is 0 Å². The largest absolute Gasteiger partial charge is 0.333 e. The van der Waals surface area contributed by atoms with E-state index in [2.05, 4.69) is 12.2 Å². The Kier molecular flexibility index (Phi) is 6.80. The van der Waals surface area contributed by atoms with E-state index in [1.165, 1.54) is 0 Å². The van der Waals surface area contributed by atoms with Gasteiger partial charge in [0.2, 0.25) is 5.91 Å². The van der Waals surface area contributed by atoms with Gasteiger partial charge in [-0.05, 0) is 24.1 Å². The van der Waals surface area contributed by atoms with Crippen molar-refractivity contribution in [1.82, 2.24) is 10.2 Å². The van der Waals surface area contributed by atoms with Crippen molar-refractivity contribution >= 4 is 29.9 Å². The van der Waals surface area contributed by atoms with Crippen molar-refractivity contribution in [3.8, 4) is 0 Å². The molecule has 1 N–H and O–H groups in total. The van der Waals surface area contributed by atoms with E-state index in [9.17, 15) is 4.79 Å². The highest BCUT2D eigenvalue weighted by Gasteiger charge is 2.29. The number of nitrogens with one attached hydrogen (secondary N) is 1. The van der Waals surface area contributed by atoms with Gasteiger partial charge in [-0.2, -0.15) is 0 Å². The molecule has 2 unspecified atom stereocenters. The van der Waals surface area contributed by atoms with Crippen LogP contribution in [-0.4, -0.2) is 30.4 Å². The first-order chi connectivity index (χ1) is 9.13. The van der Waals surface area contributed by atoms with E-state index >= 15 is 0 Å². The van der Waals surface area contributed by atoms with Crippen molar-refractivity contribution < 1.29 is 4.79 Å². The van der Waals surface area contributed by atoms with Crippen LogP contribution in [0, 0.1) is 5.92 Å². The number of halogens is 2. The van der Waals surface area contributed by atoms with E-state index in [1.54, 1.807) is 0 Å². The molecule has 1 amide bonds. The fourth-order valence-electron chi connectivity index (χ4n) is 2.44. The Hall–Kier alpha value is -0.770. The highest BCUT2D eigenvalue weighted by molar-refractivity contribution is 6.30. The molecule has 2 rings (SSSR count). The van der Waals surface area contributed by atoms with Crippen molar-refractivity contribution in [1.29, 1.82) is 0 Å². The Morgan fingerprint density at radius 2 is 2.30 bits per heavy atom. The second kappa shape index (κ2) is 7.87. The van der Waals surface area contributed by atoms with Gasteiger partial charge in [-0.15, -0.1) is 12.4 Å². The van der Waals surface area contributed by atoms with Crippen LogP contribution in [0.15, 0.2) is 24.3 Å². The zero-order valence-electron chi connectivity index (χ0n) is 11.9. The van der Waals surface area contributed by atoms with Gasteiger partial charge in [-0.3, -0.25) is 4.79 Å². The zero-order valence-corrected chi connectivity index (χ0v) is 13.5. The molecule has 3 nitrogen and oxygen atoms in total. The summed E-state index contributed by atoms with van der Waals surface area (Å²) < 4.78 is 0. The third-order valence-corrected chi connectivity index (χ3v) is 4.03. The third kappa shape index (κ3) is 3.87. The molecule has 1 aromatic rings. The summed E-state index contributed by atoms with van der Waals surface area (Å²) in [6, 6.07) is 7.89. The molecule has 0 bridgehead atoms. The number of carbonyl (C=O) groups excluding carboxylic acids is 1. The van der Waals surface area contributed by atoms with Crippen molar-refractivity contribution in [2.75, 3.05) is 19.6 Å². The smallest absolute Gasteiger partial charge is 0.225 e. The van der Waals surface area contributed by atoms with Gasteiger partial charge in [0.15, 0.2) is 0 Å². The van der Waals surface area contributed by atoms with Crippen LogP contribution in [0.3, 0.4) is 0 Å². The van der Waals surface area contributed by atoms with Gasteiger partial charge < -0.3 is 10.2 Å². The van der Waals surface area contributed by atoms with E-state index in [1.807, 2.05) is 36.1 Å². The molecule has 2 atom stereocenters. The minimum atomic E-state index is 0. The lowest BCUT2D eigenvalue weighted by Crippen LogP contribution is -2.50. The molecular formula is C15H22Cl2N2O. The molecule has 0 aliphatic carbocycles. The molecule has 0 aromatic heterocycles. The molecule has 1 saturated heterocycles. The van der Waals surface area contributed by atoms with Crippen LogP contribution < -0.4 is 5.32 Å². The van der Waals surface area contributed by atoms with Crippen LogP contribution in [0.2, 0.25) is 5.02 Å². The van der Waals surface area contributed by atoms with Crippen LogP contribution in [0.5, 0.6) is 0 Å². The second-order valence-electron chi connectivity index (χ2n) is 5.12. The Balaban J connectivity index is 0.00000200. The summed E-state index contributed by atoms with van der Waals surface area (Å²) >= 11 is 6.06. The van der Waals surface area contributed by atoms with Gasteiger partial charge in [0.05, 0.1) is 6.04 Å². The molecule has 5 heteroatoms. The molecule has 0 saturated carbocycles. The van der Waals surface area contributed by atoms with E-state index in [4.69, 9.17) is 11.6 Å². The van der Waals surface area contributed by atoms with Crippen molar-refractivity contribution in [2.24, 2.45) is 5.92 Å². The average molecular weight is 317 g/mol. The molecule has 0 radical (unpaired) electrons. The highest BCUT2D eigenvalue weighted by Crippen LogP contribution is 2.26. The number of nitrogens with zero attached hydrogens (tertiary/aromatic N) is 1. The molecule has 112 valence electrons. The standard InChI is InChI=1S/C15H21ClN2O.ClH/c1-3-11(2)15(19)18-8-7-17-10-14(18)12-5-4-6-13(16)9-12;/h4-6,9,11,14,17H,3,7-8,10H2,1-2H3;1H. The molecule has 20 heavy (non-hydrogen) atoms. The monoisotopic (exact) mass is 316 g/mol. The lowest BCUT2D eigenvalue weighted by atomic mass is 10.00. The highest BCUT2D eigenvalue weighted by atomic mass is 35.5. The SMILES string of the molecule is CCC(C)C(=O)N1CCNCC1c1cccc(Cl)c1.Cl. The number of benzene rings is 1. The lowest BCUT2D eigenvalue weighted by Gasteiger charge is -2.38. The van der Waals surface area contributed by atoms with Gasteiger partial charge in [0, 0.05) is 30.6 Å². The summed E-state index contributed by atoms with van der Waals surface area (Å²) in [7, 11) is 0. The number of rotatable bonds is 3. The van der Waals surface area contributed by atoms with Crippen LogP contribution >= 0.6 is 24.0 Å². The van der Waals surface area contributed by atoms with Crippen LogP contribution in [0.4, 0.5) is 0 Å². The molecule has 1 aliphatic rings. The number of piperazine rings is 1. The summed E-state index contributed by atoms with van der Waals surface area (Å²) in [6.45, 7) is 6.47. The first kappa shape index (κ1) is 17.3. The summed E-state index contributed by atoms with van der Waals surface area (Å²) in [4.78, 5) is 14.5.